The fraction of sp³-hybridized carbons (Fsp3) is 0.375. The van der Waals surface area contributed by atoms with Crippen LogP contribution in [-0.2, 0) is 12.7 Å². The van der Waals surface area contributed by atoms with Gasteiger partial charge in [0.1, 0.15) is 16.1 Å². The van der Waals surface area contributed by atoms with Crippen molar-refractivity contribution in [1.29, 1.82) is 0 Å². The second kappa shape index (κ2) is 7.35. The van der Waals surface area contributed by atoms with Gasteiger partial charge in [-0.3, -0.25) is 4.90 Å². The lowest BCUT2D eigenvalue weighted by atomic mass is 10.2. The summed E-state index contributed by atoms with van der Waals surface area (Å²) in [5.74, 6) is 0.464. The normalized spacial score (nSPS) is 16.3. The summed E-state index contributed by atoms with van der Waals surface area (Å²) in [6.45, 7) is 3.61. The number of anilines is 1. The van der Waals surface area contributed by atoms with Crippen LogP contribution in [0.4, 0.5) is 19.0 Å². The molecule has 2 aromatic heterocycles. The maximum Gasteiger partial charge on any atom is 0.419 e. The average molecular weight is 391 g/mol. The molecule has 0 amide bonds. The van der Waals surface area contributed by atoms with E-state index in [0.717, 1.165) is 31.3 Å². The number of alkyl halides is 3. The molecule has 3 heterocycles. The van der Waals surface area contributed by atoms with Crippen LogP contribution in [0.1, 0.15) is 11.1 Å². The second-order valence-electron chi connectivity index (χ2n) is 5.76. The molecule has 1 aliphatic rings. The minimum atomic E-state index is -4.49. The van der Waals surface area contributed by atoms with E-state index in [9.17, 15) is 13.2 Å². The van der Waals surface area contributed by atoms with Gasteiger partial charge in [-0.25, -0.2) is 9.97 Å². The third-order valence-electron chi connectivity index (χ3n) is 4.03. The fourth-order valence-corrected chi connectivity index (χ4v) is 3.07. The Hall–Kier alpha value is -1.57. The Kier molecular flexibility index (Phi) is 5.36. The van der Waals surface area contributed by atoms with Crippen LogP contribution >= 0.6 is 23.2 Å². The van der Waals surface area contributed by atoms with Crippen LogP contribution in [0.15, 0.2) is 30.5 Å². The van der Waals surface area contributed by atoms with Crippen molar-refractivity contribution in [3.63, 3.8) is 0 Å². The predicted molar refractivity (Wildman–Crippen MR) is 91.0 cm³/mol. The van der Waals surface area contributed by atoms with Gasteiger partial charge in [0.15, 0.2) is 0 Å². The third kappa shape index (κ3) is 4.54. The van der Waals surface area contributed by atoms with Crippen molar-refractivity contribution in [3.8, 4) is 0 Å². The van der Waals surface area contributed by atoms with Crippen molar-refractivity contribution in [2.24, 2.45) is 0 Å². The zero-order chi connectivity index (χ0) is 18.0. The average Bonchev–Trinajstić information content (AvgIpc) is 2.56. The van der Waals surface area contributed by atoms with Crippen LogP contribution in [0.3, 0.4) is 0 Å². The van der Waals surface area contributed by atoms with Gasteiger partial charge >= 0.3 is 6.18 Å². The molecule has 0 atom stereocenters. The maximum atomic E-state index is 12.7. The van der Waals surface area contributed by atoms with Gasteiger partial charge in [-0.1, -0.05) is 29.3 Å². The number of nitrogens with zero attached hydrogens (tertiary/aromatic N) is 4. The van der Waals surface area contributed by atoms with Crippen molar-refractivity contribution in [2.45, 2.75) is 12.7 Å². The van der Waals surface area contributed by atoms with Crippen molar-refractivity contribution in [3.05, 3.63) is 51.9 Å². The summed E-state index contributed by atoms with van der Waals surface area (Å²) in [6.07, 6.45) is -2.75. The van der Waals surface area contributed by atoms with Gasteiger partial charge in [-0.05, 0) is 23.8 Å². The zero-order valence-corrected chi connectivity index (χ0v) is 14.6. The Bertz CT molecular complexity index is 729. The van der Waals surface area contributed by atoms with Gasteiger partial charge in [0.25, 0.3) is 0 Å². The SMILES string of the molecule is FC(F)(F)c1ccc(N2CCN(Cc3ccc(Cl)nc3)CC2)nc1Cl. The van der Waals surface area contributed by atoms with Gasteiger partial charge in [0.05, 0.1) is 5.56 Å². The van der Waals surface area contributed by atoms with E-state index >= 15 is 0 Å². The molecule has 134 valence electrons. The molecule has 0 aliphatic carbocycles. The number of piperazine rings is 1. The van der Waals surface area contributed by atoms with Crippen molar-refractivity contribution >= 4 is 29.0 Å². The zero-order valence-electron chi connectivity index (χ0n) is 13.1. The summed E-state index contributed by atoms with van der Waals surface area (Å²) < 4.78 is 38.2. The lowest BCUT2D eigenvalue weighted by molar-refractivity contribution is -0.137. The first-order valence-corrected chi connectivity index (χ1v) is 8.40. The minimum Gasteiger partial charge on any atom is -0.354 e. The number of rotatable bonds is 3. The Morgan fingerprint density at radius 1 is 1.00 bits per heavy atom. The van der Waals surface area contributed by atoms with E-state index in [4.69, 9.17) is 23.2 Å². The highest BCUT2D eigenvalue weighted by Crippen LogP contribution is 2.34. The quantitative estimate of drug-likeness (QED) is 0.737. The maximum absolute atomic E-state index is 12.7. The highest BCUT2D eigenvalue weighted by atomic mass is 35.5. The number of halogens is 5. The molecule has 0 saturated carbocycles. The van der Waals surface area contributed by atoms with Crippen LogP contribution in [-0.4, -0.2) is 41.0 Å². The summed E-state index contributed by atoms with van der Waals surface area (Å²) in [5, 5.41) is -0.0569. The van der Waals surface area contributed by atoms with Gasteiger partial charge in [-0.2, -0.15) is 13.2 Å². The van der Waals surface area contributed by atoms with E-state index in [-0.39, 0.29) is 0 Å². The van der Waals surface area contributed by atoms with Crippen molar-refractivity contribution in [2.75, 3.05) is 31.1 Å². The van der Waals surface area contributed by atoms with E-state index in [0.29, 0.717) is 24.1 Å². The summed E-state index contributed by atoms with van der Waals surface area (Å²) in [7, 11) is 0. The topological polar surface area (TPSA) is 32.3 Å². The molecule has 0 unspecified atom stereocenters. The molecule has 1 fully saturated rings. The number of hydrogen-bond acceptors (Lipinski definition) is 4. The van der Waals surface area contributed by atoms with Gasteiger partial charge in [0.2, 0.25) is 0 Å². The first-order chi connectivity index (χ1) is 11.8. The second-order valence-corrected chi connectivity index (χ2v) is 6.50. The monoisotopic (exact) mass is 390 g/mol. The van der Waals surface area contributed by atoms with Gasteiger partial charge in [0, 0.05) is 38.9 Å². The largest absolute Gasteiger partial charge is 0.419 e. The first-order valence-electron chi connectivity index (χ1n) is 7.64. The molecule has 4 nitrogen and oxygen atoms in total. The molecule has 1 aliphatic heterocycles. The number of pyridine rings is 2. The van der Waals surface area contributed by atoms with E-state index < -0.39 is 16.9 Å². The third-order valence-corrected chi connectivity index (χ3v) is 4.54. The van der Waals surface area contributed by atoms with Crippen LogP contribution in [0.25, 0.3) is 0 Å². The van der Waals surface area contributed by atoms with Crippen LogP contribution in [0, 0.1) is 0 Å². The van der Waals surface area contributed by atoms with Gasteiger partial charge < -0.3 is 4.90 Å². The van der Waals surface area contributed by atoms with Crippen molar-refractivity contribution in [1.82, 2.24) is 14.9 Å². The molecule has 2 aromatic rings. The molecule has 9 heteroatoms. The Labute approximate surface area is 153 Å². The van der Waals surface area contributed by atoms with Crippen molar-refractivity contribution < 1.29 is 13.2 Å². The van der Waals surface area contributed by atoms with Gasteiger partial charge in [-0.15, -0.1) is 0 Å². The number of aromatic nitrogens is 2. The number of hydrogen-bond donors (Lipinski definition) is 0. The molecule has 0 aromatic carbocycles. The lowest BCUT2D eigenvalue weighted by Crippen LogP contribution is -2.46. The lowest BCUT2D eigenvalue weighted by Gasteiger charge is -2.35. The van der Waals surface area contributed by atoms with E-state index in [1.807, 2.05) is 11.0 Å². The fourth-order valence-electron chi connectivity index (χ4n) is 2.71. The van der Waals surface area contributed by atoms with Crippen LogP contribution < -0.4 is 4.90 Å². The molecular weight excluding hydrogens is 376 g/mol. The molecule has 0 bridgehead atoms. The molecule has 25 heavy (non-hydrogen) atoms. The minimum absolute atomic E-state index is 0.457. The highest BCUT2D eigenvalue weighted by Gasteiger charge is 2.34. The molecule has 0 N–H and O–H groups in total. The first kappa shape index (κ1) is 18.2. The van der Waals surface area contributed by atoms with Crippen LogP contribution in [0.2, 0.25) is 10.3 Å². The smallest absolute Gasteiger partial charge is 0.354 e. The standard InChI is InChI=1S/C16H15Cl2F3N4/c17-13-3-1-11(9-22-13)10-24-5-7-25(8-6-24)14-4-2-12(15(18)23-14)16(19,20)21/h1-4,9H,5-8,10H2. The molecule has 1 saturated heterocycles. The summed E-state index contributed by atoms with van der Waals surface area (Å²) in [5.41, 5.74) is 0.153. The summed E-state index contributed by atoms with van der Waals surface area (Å²) >= 11 is 11.5. The summed E-state index contributed by atoms with van der Waals surface area (Å²) in [4.78, 5) is 12.1. The Morgan fingerprint density at radius 3 is 2.28 bits per heavy atom. The van der Waals surface area contributed by atoms with E-state index in [1.54, 1.807) is 12.3 Å². The van der Waals surface area contributed by atoms with E-state index in [1.165, 1.54) is 6.07 Å². The molecular formula is C16H15Cl2F3N4. The molecule has 0 radical (unpaired) electrons. The highest BCUT2D eigenvalue weighted by molar-refractivity contribution is 6.30. The predicted octanol–water partition coefficient (Wildman–Crippen LogP) is 4.12. The Balaban J connectivity index is 1.60. The van der Waals surface area contributed by atoms with E-state index in [2.05, 4.69) is 14.9 Å². The molecule has 0 spiro atoms. The summed E-state index contributed by atoms with van der Waals surface area (Å²) in [6, 6.07) is 6.03. The molecule has 3 rings (SSSR count). The Morgan fingerprint density at radius 2 is 1.72 bits per heavy atom. The van der Waals surface area contributed by atoms with Crippen LogP contribution in [0.5, 0.6) is 0 Å².